The molecule has 0 saturated carbocycles. The molecule has 0 spiro atoms. The molecule has 0 atom stereocenters. The third-order valence-corrected chi connectivity index (χ3v) is 8.07. The second kappa shape index (κ2) is 5.47. The van der Waals surface area contributed by atoms with Crippen LogP contribution < -0.4 is 0 Å². The van der Waals surface area contributed by atoms with Crippen LogP contribution in [0.25, 0.3) is 0 Å². The van der Waals surface area contributed by atoms with Gasteiger partial charge in [0.2, 0.25) is 0 Å². The van der Waals surface area contributed by atoms with Crippen LogP contribution in [0.4, 0.5) is 0 Å². The maximum atomic E-state index is 5.27. The third kappa shape index (κ3) is 3.07. The molecule has 74 valence electrons. The van der Waals surface area contributed by atoms with E-state index in [4.69, 9.17) is 8.83 Å². The monoisotopic (exact) mass is 322 g/mol. The van der Waals surface area contributed by atoms with E-state index in [2.05, 4.69) is 0 Å². The molecule has 0 unspecified atom stereocenters. The normalized spacial score (nSPS) is 10.6. The molecule has 2 nitrogen and oxygen atoms in total. The Morgan fingerprint density at radius 3 is 1.71 bits per heavy atom. The van der Waals surface area contributed by atoms with Crippen LogP contribution in [-0.4, -0.2) is 26.3 Å². The fourth-order valence-electron chi connectivity index (χ4n) is 0.989. The zero-order valence-electron chi connectivity index (χ0n) is 7.51. The van der Waals surface area contributed by atoms with Crippen molar-refractivity contribution in [2.45, 2.75) is 10.6 Å². The number of rotatable bonds is 5. The predicted octanol–water partition coefficient (Wildman–Crippen LogP) is 1.90. The molecule has 0 aliphatic rings. The van der Waals surface area contributed by atoms with Gasteiger partial charge in [0.15, 0.2) is 0 Å². The minimum absolute atomic E-state index is 0.678. The van der Waals surface area contributed by atoms with Crippen molar-refractivity contribution < 1.29 is 8.83 Å². The summed E-state index contributed by atoms with van der Waals surface area (Å²) >= 11 is 1.36. The molecule has 0 fully saturated rings. The molecule has 0 saturated heterocycles. The first-order valence-electron chi connectivity index (χ1n) is 4.24. The van der Waals surface area contributed by atoms with Gasteiger partial charge in [0.05, 0.1) is 0 Å². The second-order valence-corrected chi connectivity index (χ2v) is 10.0. The molecule has 0 radical (unpaired) electrons. The molecule has 0 aromatic carbocycles. The average molecular weight is 320 g/mol. The molecule has 4 heteroatoms. The topological polar surface area (TPSA) is 26.3 Å². The standard InChI is InChI=1S/C10H10O2Se2/c1-3-9(11-5-1)7-13-14-8-10-4-2-6-12-10/h1-6H,7-8H2. The van der Waals surface area contributed by atoms with Gasteiger partial charge in [0.25, 0.3) is 0 Å². The van der Waals surface area contributed by atoms with E-state index < -0.39 is 0 Å². The van der Waals surface area contributed by atoms with Crippen molar-refractivity contribution in [1.82, 2.24) is 0 Å². The van der Waals surface area contributed by atoms with E-state index in [0.29, 0.717) is 26.3 Å². The van der Waals surface area contributed by atoms with Crippen molar-refractivity contribution in [3.8, 4) is 0 Å². The Labute approximate surface area is 93.9 Å². The number of hydrogen-bond donors (Lipinski definition) is 0. The summed E-state index contributed by atoms with van der Waals surface area (Å²) in [7, 11) is 0. The van der Waals surface area contributed by atoms with Crippen molar-refractivity contribution in [1.29, 1.82) is 0 Å². The van der Waals surface area contributed by atoms with E-state index in [1.54, 1.807) is 12.5 Å². The first kappa shape index (κ1) is 10.1. The van der Waals surface area contributed by atoms with E-state index in [1.165, 1.54) is 0 Å². The zero-order chi connectivity index (χ0) is 9.64. The van der Waals surface area contributed by atoms with Crippen LogP contribution in [0.1, 0.15) is 11.5 Å². The molecular weight excluding hydrogens is 310 g/mol. The van der Waals surface area contributed by atoms with Gasteiger partial charge in [-0.15, -0.1) is 0 Å². The third-order valence-electron chi connectivity index (χ3n) is 1.65. The molecular formula is C10H10O2Se2. The fraction of sp³-hybridized carbons (Fsp3) is 0.200. The van der Waals surface area contributed by atoms with E-state index in [-0.39, 0.29) is 0 Å². The molecule has 0 N–H and O–H groups in total. The first-order chi connectivity index (χ1) is 6.95. The van der Waals surface area contributed by atoms with E-state index in [9.17, 15) is 0 Å². The van der Waals surface area contributed by atoms with Gasteiger partial charge >= 0.3 is 94.0 Å². The van der Waals surface area contributed by atoms with Crippen molar-refractivity contribution in [3.05, 3.63) is 48.3 Å². The molecule has 2 aromatic rings. The van der Waals surface area contributed by atoms with Gasteiger partial charge in [-0.25, -0.2) is 0 Å². The second-order valence-electron chi connectivity index (χ2n) is 2.68. The van der Waals surface area contributed by atoms with Gasteiger partial charge in [-0.1, -0.05) is 0 Å². The van der Waals surface area contributed by atoms with Gasteiger partial charge in [-0.2, -0.15) is 0 Å². The summed E-state index contributed by atoms with van der Waals surface area (Å²) in [5, 5.41) is 2.22. The van der Waals surface area contributed by atoms with Crippen molar-refractivity contribution in [3.63, 3.8) is 0 Å². The Morgan fingerprint density at radius 2 is 1.36 bits per heavy atom. The molecule has 0 aliphatic heterocycles. The molecule has 2 rings (SSSR count). The van der Waals surface area contributed by atoms with Crippen molar-refractivity contribution in [2.75, 3.05) is 0 Å². The van der Waals surface area contributed by atoms with E-state index in [1.807, 2.05) is 24.3 Å². The first-order valence-corrected chi connectivity index (χ1v) is 11.0. The van der Waals surface area contributed by atoms with Crippen LogP contribution in [0.2, 0.25) is 0 Å². The molecule has 14 heavy (non-hydrogen) atoms. The molecule has 2 heterocycles. The van der Waals surface area contributed by atoms with Crippen LogP contribution in [0.5, 0.6) is 0 Å². The summed E-state index contributed by atoms with van der Waals surface area (Å²) in [6.07, 6.45) is 3.48. The van der Waals surface area contributed by atoms with Crippen LogP contribution in [-0.2, 0) is 10.6 Å². The molecule has 0 bridgehead atoms. The van der Waals surface area contributed by atoms with Crippen molar-refractivity contribution >= 4 is 26.3 Å². The van der Waals surface area contributed by atoms with Gasteiger partial charge in [-0.3, -0.25) is 0 Å². The summed E-state index contributed by atoms with van der Waals surface area (Å²) in [5.41, 5.74) is 0. The molecule has 2 aromatic heterocycles. The van der Waals surface area contributed by atoms with E-state index >= 15 is 0 Å². The molecule has 0 aliphatic carbocycles. The van der Waals surface area contributed by atoms with Crippen molar-refractivity contribution in [2.24, 2.45) is 0 Å². The SMILES string of the molecule is c1coc(C[Se][Se]Cc2ccco2)c1. The van der Waals surface area contributed by atoms with E-state index in [0.717, 1.165) is 22.2 Å². The van der Waals surface area contributed by atoms with Gasteiger partial charge in [0.1, 0.15) is 0 Å². The summed E-state index contributed by atoms with van der Waals surface area (Å²) < 4.78 is 10.5. The Bertz CT molecular complexity index is 304. The predicted molar refractivity (Wildman–Crippen MR) is 56.3 cm³/mol. The summed E-state index contributed by atoms with van der Waals surface area (Å²) in [4.78, 5) is 0. The number of hydrogen-bond acceptors (Lipinski definition) is 2. The fourth-order valence-corrected chi connectivity index (χ4v) is 6.86. The summed E-state index contributed by atoms with van der Waals surface area (Å²) in [6, 6.07) is 7.99. The Morgan fingerprint density at radius 1 is 0.857 bits per heavy atom. The number of furan rings is 2. The van der Waals surface area contributed by atoms with Crippen LogP contribution >= 0.6 is 0 Å². The zero-order valence-corrected chi connectivity index (χ0v) is 10.9. The minimum atomic E-state index is 0.678. The Hall–Kier alpha value is -0.401. The van der Waals surface area contributed by atoms with Gasteiger partial charge in [0, 0.05) is 0 Å². The van der Waals surface area contributed by atoms with Crippen LogP contribution in [0.3, 0.4) is 0 Å². The van der Waals surface area contributed by atoms with Crippen LogP contribution in [0.15, 0.2) is 45.6 Å². The summed E-state index contributed by atoms with van der Waals surface area (Å²) in [5.74, 6) is 2.23. The summed E-state index contributed by atoms with van der Waals surface area (Å²) in [6.45, 7) is 0. The van der Waals surface area contributed by atoms with Crippen LogP contribution in [0, 0.1) is 0 Å². The quantitative estimate of drug-likeness (QED) is 0.621. The Balaban J connectivity index is 1.65. The maximum absolute atomic E-state index is 5.27. The van der Waals surface area contributed by atoms with Gasteiger partial charge in [-0.05, 0) is 0 Å². The average Bonchev–Trinajstić information content (AvgIpc) is 2.86. The molecule has 0 amide bonds. The Kier molecular flexibility index (Phi) is 3.96. The van der Waals surface area contributed by atoms with Gasteiger partial charge < -0.3 is 0 Å².